The Kier molecular flexibility index (Phi) is 6.21. The zero-order valence-electron chi connectivity index (χ0n) is 16.5. The molecule has 2 amide bonds. The standard InChI is InChI=1S/C19H21BN4O7/c25-17-11-29-15-4-5-16(22-18(15)23-17)24-10-14(30-19(24)26)6-7-21-9-12-2-1-3-13(8-12)31-20(27)28/h1-5,8,14,21,27-28H,6-7,9-11H2,(H,22,23,25)/t14-/m1/s1. The van der Waals surface area contributed by atoms with Gasteiger partial charge in [0.05, 0.1) is 6.54 Å². The second-order valence-corrected chi connectivity index (χ2v) is 7.03. The van der Waals surface area contributed by atoms with Crippen LogP contribution in [0.15, 0.2) is 36.4 Å². The predicted molar refractivity (Wildman–Crippen MR) is 110 cm³/mol. The molecule has 0 saturated carbocycles. The zero-order chi connectivity index (χ0) is 21.8. The first kappa shape index (κ1) is 20.9. The Balaban J connectivity index is 1.27. The van der Waals surface area contributed by atoms with Crippen LogP contribution in [0.5, 0.6) is 11.5 Å². The fraction of sp³-hybridized carbons (Fsp3) is 0.316. The Morgan fingerprint density at radius 2 is 2.16 bits per heavy atom. The molecule has 2 aliphatic rings. The number of anilines is 2. The van der Waals surface area contributed by atoms with E-state index in [-0.39, 0.29) is 24.4 Å². The van der Waals surface area contributed by atoms with Crippen LogP contribution in [-0.2, 0) is 16.1 Å². The van der Waals surface area contributed by atoms with Gasteiger partial charge in [0.1, 0.15) is 17.7 Å². The van der Waals surface area contributed by atoms with Gasteiger partial charge in [0.2, 0.25) is 0 Å². The Morgan fingerprint density at radius 3 is 3.00 bits per heavy atom. The first-order valence-electron chi connectivity index (χ1n) is 9.72. The number of cyclic esters (lactones) is 1. The smallest absolute Gasteiger partial charge is 0.512 e. The lowest BCUT2D eigenvalue weighted by molar-refractivity contribution is -0.118. The lowest BCUT2D eigenvalue weighted by atomic mass is 10.2. The molecule has 2 aromatic rings. The molecular weight excluding hydrogens is 407 g/mol. The first-order valence-corrected chi connectivity index (χ1v) is 9.72. The highest BCUT2D eigenvalue weighted by atomic mass is 16.6. The van der Waals surface area contributed by atoms with Gasteiger partial charge < -0.3 is 34.8 Å². The van der Waals surface area contributed by atoms with Crippen LogP contribution in [0.4, 0.5) is 16.4 Å². The Bertz CT molecular complexity index is 974. The van der Waals surface area contributed by atoms with Crippen LogP contribution >= 0.6 is 0 Å². The van der Waals surface area contributed by atoms with Crippen LogP contribution in [0.2, 0.25) is 0 Å². The number of fused-ring (bicyclic) bond motifs is 1. The minimum Gasteiger partial charge on any atom is -0.512 e. The number of ether oxygens (including phenoxy) is 2. The third-order valence-electron chi connectivity index (χ3n) is 4.72. The molecule has 0 radical (unpaired) electrons. The van der Waals surface area contributed by atoms with Gasteiger partial charge in [-0.3, -0.25) is 9.69 Å². The maximum atomic E-state index is 12.3. The molecule has 0 unspecified atom stereocenters. The number of nitrogens with one attached hydrogen (secondary N) is 2. The first-order chi connectivity index (χ1) is 15.0. The van der Waals surface area contributed by atoms with Gasteiger partial charge in [0, 0.05) is 6.54 Å². The summed E-state index contributed by atoms with van der Waals surface area (Å²) in [4.78, 5) is 29.5. The summed E-state index contributed by atoms with van der Waals surface area (Å²) in [6.07, 6.45) is -0.200. The minimum absolute atomic E-state index is 0.0600. The molecule has 1 saturated heterocycles. The van der Waals surface area contributed by atoms with Gasteiger partial charge in [0.25, 0.3) is 5.91 Å². The average Bonchev–Trinajstić information content (AvgIpc) is 3.11. The van der Waals surface area contributed by atoms with Crippen molar-refractivity contribution >= 4 is 31.0 Å². The van der Waals surface area contributed by atoms with E-state index >= 15 is 0 Å². The number of hydrogen-bond donors (Lipinski definition) is 4. The molecule has 162 valence electrons. The van der Waals surface area contributed by atoms with Gasteiger partial charge in [-0.1, -0.05) is 12.1 Å². The topological polar surface area (TPSA) is 142 Å². The van der Waals surface area contributed by atoms with Gasteiger partial charge in [-0.05, 0) is 42.8 Å². The van der Waals surface area contributed by atoms with E-state index in [9.17, 15) is 9.59 Å². The Hall–Kier alpha value is -3.35. The molecule has 31 heavy (non-hydrogen) atoms. The molecule has 0 spiro atoms. The van der Waals surface area contributed by atoms with Crippen molar-refractivity contribution in [3.63, 3.8) is 0 Å². The highest BCUT2D eigenvalue weighted by Gasteiger charge is 2.33. The van der Waals surface area contributed by atoms with Crippen LogP contribution < -0.4 is 24.9 Å². The van der Waals surface area contributed by atoms with Crippen LogP contribution in [0, 0.1) is 0 Å². The number of amides is 2. The second-order valence-electron chi connectivity index (χ2n) is 7.03. The van der Waals surface area contributed by atoms with Crippen molar-refractivity contribution in [1.82, 2.24) is 10.3 Å². The van der Waals surface area contributed by atoms with Gasteiger partial charge >= 0.3 is 13.4 Å². The van der Waals surface area contributed by atoms with Crippen molar-refractivity contribution < 1.29 is 33.8 Å². The number of aromatic nitrogens is 1. The highest BCUT2D eigenvalue weighted by Crippen LogP contribution is 2.30. The average molecular weight is 428 g/mol. The largest absolute Gasteiger partial charge is 0.707 e. The van der Waals surface area contributed by atoms with Gasteiger partial charge in [-0.15, -0.1) is 0 Å². The highest BCUT2D eigenvalue weighted by molar-refractivity contribution is 6.33. The molecular formula is C19H21BN4O7. The predicted octanol–water partition coefficient (Wildman–Crippen LogP) is 0.266. The van der Waals surface area contributed by atoms with E-state index < -0.39 is 13.4 Å². The third kappa shape index (κ3) is 5.23. The van der Waals surface area contributed by atoms with Crippen molar-refractivity contribution in [3.8, 4) is 11.5 Å². The maximum absolute atomic E-state index is 12.3. The number of carbonyl (C=O) groups is 2. The SMILES string of the molecule is O=C1COc2ccc(N3C[C@@H](CCNCc4cccc(OB(O)O)c4)OC3=O)nc2N1. The summed E-state index contributed by atoms with van der Waals surface area (Å²) in [5.74, 6) is 1.18. The molecule has 2 aliphatic heterocycles. The molecule has 0 bridgehead atoms. The molecule has 1 aromatic heterocycles. The summed E-state index contributed by atoms with van der Waals surface area (Å²) in [6, 6.07) is 10.3. The van der Waals surface area contributed by atoms with E-state index in [1.165, 1.54) is 4.90 Å². The van der Waals surface area contributed by atoms with Crippen LogP contribution in [-0.4, -0.2) is 60.2 Å². The summed E-state index contributed by atoms with van der Waals surface area (Å²) >= 11 is 0. The molecule has 1 aromatic carbocycles. The lowest BCUT2D eigenvalue weighted by Gasteiger charge is -2.19. The van der Waals surface area contributed by atoms with Gasteiger partial charge in [-0.25, -0.2) is 9.78 Å². The number of pyridine rings is 1. The monoisotopic (exact) mass is 428 g/mol. The van der Waals surface area contributed by atoms with E-state index in [4.69, 9.17) is 24.2 Å². The van der Waals surface area contributed by atoms with Crippen LogP contribution in [0.1, 0.15) is 12.0 Å². The summed E-state index contributed by atoms with van der Waals surface area (Å²) < 4.78 is 15.5. The molecule has 1 atom stereocenters. The maximum Gasteiger partial charge on any atom is 0.707 e. The normalized spacial score (nSPS) is 17.5. The van der Waals surface area contributed by atoms with Crippen molar-refractivity contribution in [1.29, 1.82) is 0 Å². The third-order valence-corrected chi connectivity index (χ3v) is 4.72. The fourth-order valence-electron chi connectivity index (χ4n) is 3.31. The van der Waals surface area contributed by atoms with Crippen LogP contribution in [0.3, 0.4) is 0 Å². The number of carbonyl (C=O) groups excluding carboxylic acids is 2. The molecule has 12 heteroatoms. The number of benzene rings is 1. The molecule has 1 fully saturated rings. The van der Waals surface area contributed by atoms with Crippen molar-refractivity contribution in [2.24, 2.45) is 0 Å². The minimum atomic E-state index is -1.86. The van der Waals surface area contributed by atoms with Crippen molar-refractivity contribution in [2.45, 2.75) is 19.1 Å². The number of hydrogen-bond acceptors (Lipinski definition) is 9. The zero-order valence-corrected chi connectivity index (χ0v) is 16.5. The van der Waals surface area contributed by atoms with Crippen molar-refractivity contribution in [3.05, 3.63) is 42.0 Å². The molecule has 0 aliphatic carbocycles. The van der Waals surface area contributed by atoms with Gasteiger partial charge in [-0.2, -0.15) is 0 Å². The molecule has 11 nitrogen and oxygen atoms in total. The summed E-state index contributed by atoms with van der Waals surface area (Å²) in [7, 11) is -1.86. The number of nitrogens with zero attached hydrogens (tertiary/aromatic N) is 2. The summed E-state index contributed by atoms with van der Waals surface area (Å²) in [5, 5.41) is 23.6. The molecule has 4 rings (SSSR count). The Morgan fingerprint density at radius 1 is 1.29 bits per heavy atom. The summed E-state index contributed by atoms with van der Waals surface area (Å²) in [5.41, 5.74) is 0.908. The second kappa shape index (κ2) is 9.21. The van der Waals surface area contributed by atoms with Crippen molar-refractivity contribution in [2.75, 3.05) is 29.9 Å². The molecule has 3 heterocycles. The van der Waals surface area contributed by atoms with Crippen LogP contribution in [0.25, 0.3) is 0 Å². The van der Waals surface area contributed by atoms with E-state index in [1.54, 1.807) is 30.3 Å². The van der Waals surface area contributed by atoms with Gasteiger partial charge in [0.15, 0.2) is 18.2 Å². The number of rotatable bonds is 8. The van der Waals surface area contributed by atoms with E-state index in [0.717, 1.165) is 5.56 Å². The van der Waals surface area contributed by atoms with E-state index in [0.29, 0.717) is 43.4 Å². The summed E-state index contributed by atoms with van der Waals surface area (Å²) in [6.45, 7) is 1.42. The van der Waals surface area contributed by atoms with E-state index in [2.05, 4.69) is 15.6 Å². The Labute approximate surface area is 178 Å². The fourth-order valence-corrected chi connectivity index (χ4v) is 3.31. The van der Waals surface area contributed by atoms with E-state index in [1.807, 2.05) is 6.07 Å². The molecule has 4 N–H and O–H groups in total. The lowest BCUT2D eigenvalue weighted by Crippen LogP contribution is -2.29. The quantitative estimate of drug-likeness (QED) is 0.344.